The number of benzene rings is 1. The van der Waals surface area contributed by atoms with E-state index < -0.39 is 0 Å². The maximum atomic E-state index is 5.98. The van der Waals surface area contributed by atoms with Gasteiger partial charge in [0.15, 0.2) is 0 Å². The van der Waals surface area contributed by atoms with Crippen LogP contribution >= 0.6 is 11.6 Å². The molecule has 0 saturated carbocycles. The summed E-state index contributed by atoms with van der Waals surface area (Å²) in [5.74, 6) is 0.811. The van der Waals surface area contributed by atoms with Crippen molar-refractivity contribution in [3.8, 4) is 5.75 Å². The molecule has 0 radical (unpaired) electrons. The van der Waals surface area contributed by atoms with Crippen molar-refractivity contribution in [1.29, 1.82) is 0 Å². The Hall–Kier alpha value is -1.52. The average Bonchev–Trinajstić information content (AvgIpc) is 2.70. The molecule has 0 aliphatic carbocycles. The number of hydrogen-bond donors (Lipinski definition) is 1. The van der Waals surface area contributed by atoms with E-state index >= 15 is 0 Å². The van der Waals surface area contributed by atoms with Crippen molar-refractivity contribution >= 4 is 11.6 Å². The van der Waals surface area contributed by atoms with Crippen LogP contribution in [0.2, 0.25) is 5.02 Å². The number of hydrogen-bond acceptors (Lipinski definition) is 3. The van der Waals surface area contributed by atoms with Gasteiger partial charge in [-0.05, 0) is 18.6 Å². The van der Waals surface area contributed by atoms with Crippen LogP contribution in [0.15, 0.2) is 24.4 Å². The molecule has 1 aromatic heterocycles. The molecule has 96 valence electrons. The Bertz CT molecular complexity index is 551. The van der Waals surface area contributed by atoms with Crippen LogP contribution in [0, 0.1) is 6.92 Å². The third-order valence-corrected chi connectivity index (χ3v) is 3.32. The van der Waals surface area contributed by atoms with E-state index in [0.29, 0.717) is 18.1 Å². The predicted molar refractivity (Wildman–Crippen MR) is 72.0 cm³/mol. The Kier molecular flexibility index (Phi) is 3.89. The maximum absolute atomic E-state index is 5.98. The van der Waals surface area contributed by atoms with E-state index in [0.717, 1.165) is 22.6 Å². The Morgan fingerprint density at radius 2 is 2.22 bits per heavy atom. The highest BCUT2D eigenvalue weighted by Crippen LogP contribution is 2.21. The number of halogens is 1. The summed E-state index contributed by atoms with van der Waals surface area (Å²) < 4.78 is 7.17. The topological polar surface area (TPSA) is 53.1 Å². The zero-order valence-electron chi connectivity index (χ0n) is 10.5. The Morgan fingerprint density at radius 1 is 1.44 bits per heavy atom. The average molecular weight is 266 g/mol. The second kappa shape index (κ2) is 5.42. The highest BCUT2D eigenvalue weighted by Gasteiger charge is 2.07. The van der Waals surface area contributed by atoms with Crippen LogP contribution in [-0.2, 0) is 13.1 Å². The summed E-state index contributed by atoms with van der Waals surface area (Å²) in [6, 6.07) is 5.99. The van der Waals surface area contributed by atoms with Crippen LogP contribution < -0.4 is 10.5 Å². The van der Waals surface area contributed by atoms with Crippen LogP contribution in [0.1, 0.15) is 16.8 Å². The number of nitrogens with zero attached hydrogens (tertiary/aromatic N) is 2. The molecule has 0 unspecified atom stereocenters. The van der Waals surface area contributed by atoms with Crippen LogP contribution in [0.25, 0.3) is 0 Å². The smallest absolute Gasteiger partial charge is 0.123 e. The molecule has 0 fully saturated rings. The lowest BCUT2D eigenvalue weighted by molar-refractivity contribution is 0.409. The molecule has 0 aliphatic rings. The zero-order valence-corrected chi connectivity index (χ0v) is 11.2. The van der Waals surface area contributed by atoms with Gasteiger partial charge in [-0.1, -0.05) is 23.7 Å². The summed E-state index contributed by atoms with van der Waals surface area (Å²) >= 11 is 5.98. The van der Waals surface area contributed by atoms with E-state index in [-0.39, 0.29) is 0 Å². The van der Waals surface area contributed by atoms with Crippen LogP contribution in [0.4, 0.5) is 0 Å². The van der Waals surface area contributed by atoms with Gasteiger partial charge in [0.05, 0.1) is 30.6 Å². The molecular weight excluding hydrogens is 250 g/mol. The molecule has 18 heavy (non-hydrogen) atoms. The number of methoxy groups -OCH3 is 1. The minimum atomic E-state index is 0.468. The first-order valence-electron chi connectivity index (χ1n) is 5.69. The standard InChI is InChI=1S/C13H16ClN3O/c1-9-12(14)7-16-17(9)8-10-3-4-11(6-15)13(5-10)18-2/h3-5,7H,6,8,15H2,1-2H3. The monoisotopic (exact) mass is 265 g/mol. The molecule has 5 heteroatoms. The Morgan fingerprint density at radius 3 is 2.78 bits per heavy atom. The van der Waals surface area contributed by atoms with Crippen molar-refractivity contribution in [3.05, 3.63) is 46.2 Å². The van der Waals surface area contributed by atoms with Crippen LogP contribution in [-0.4, -0.2) is 16.9 Å². The molecule has 1 aromatic carbocycles. The fraction of sp³-hybridized carbons (Fsp3) is 0.308. The summed E-state index contributed by atoms with van der Waals surface area (Å²) in [7, 11) is 1.65. The molecule has 2 rings (SSSR count). The van der Waals surface area contributed by atoms with Gasteiger partial charge in [-0.3, -0.25) is 4.68 Å². The van der Waals surface area contributed by atoms with Gasteiger partial charge < -0.3 is 10.5 Å². The van der Waals surface area contributed by atoms with Crippen molar-refractivity contribution in [3.63, 3.8) is 0 Å². The minimum Gasteiger partial charge on any atom is -0.496 e. The first-order valence-corrected chi connectivity index (χ1v) is 6.07. The summed E-state index contributed by atoms with van der Waals surface area (Å²) in [5, 5.41) is 4.91. The van der Waals surface area contributed by atoms with Crippen molar-refractivity contribution in [2.24, 2.45) is 5.73 Å². The van der Waals surface area contributed by atoms with E-state index in [2.05, 4.69) is 5.10 Å². The van der Waals surface area contributed by atoms with E-state index in [1.165, 1.54) is 0 Å². The van der Waals surface area contributed by atoms with Gasteiger partial charge in [0, 0.05) is 12.1 Å². The summed E-state index contributed by atoms with van der Waals surface area (Å²) in [5.41, 5.74) is 8.70. The van der Waals surface area contributed by atoms with Gasteiger partial charge in [-0.15, -0.1) is 0 Å². The molecule has 0 spiro atoms. The molecule has 0 bridgehead atoms. The van der Waals surface area contributed by atoms with E-state index in [4.69, 9.17) is 22.1 Å². The minimum absolute atomic E-state index is 0.468. The fourth-order valence-corrected chi connectivity index (χ4v) is 1.95. The predicted octanol–water partition coefficient (Wildman–Crippen LogP) is 2.36. The molecule has 0 aliphatic heterocycles. The molecule has 2 aromatic rings. The molecular formula is C13H16ClN3O. The molecule has 0 amide bonds. The summed E-state index contributed by atoms with van der Waals surface area (Å²) in [4.78, 5) is 0. The molecule has 2 N–H and O–H groups in total. The second-order valence-electron chi connectivity index (χ2n) is 4.09. The highest BCUT2D eigenvalue weighted by atomic mass is 35.5. The zero-order chi connectivity index (χ0) is 13.1. The Labute approximate surface area is 111 Å². The van der Waals surface area contributed by atoms with Crippen LogP contribution in [0.3, 0.4) is 0 Å². The lowest BCUT2D eigenvalue weighted by Crippen LogP contribution is -2.05. The largest absolute Gasteiger partial charge is 0.496 e. The lowest BCUT2D eigenvalue weighted by Gasteiger charge is -2.10. The van der Waals surface area contributed by atoms with Gasteiger partial charge in [0.25, 0.3) is 0 Å². The lowest BCUT2D eigenvalue weighted by atomic mass is 10.1. The van der Waals surface area contributed by atoms with Gasteiger partial charge >= 0.3 is 0 Å². The highest BCUT2D eigenvalue weighted by molar-refractivity contribution is 6.31. The van der Waals surface area contributed by atoms with Gasteiger partial charge in [0.2, 0.25) is 0 Å². The van der Waals surface area contributed by atoms with E-state index in [1.807, 2.05) is 29.8 Å². The maximum Gasteiger partial charge on any atom is 0.123 e. The van der Waals surface area contributed by atoms with Gasteiger partial charge in [-0.2, -0.15) is 5.10 Å². The molecule has 4 nitrogen and oxygen atoms in total. The number of rotatable bonds is 4. The number of nitrogens with two attached hydrogens (primary N) is 1. The first-order chi connectivity index (χ1) is 8.65. The molecule has 1 heterocycles. The fourth-order valence-electron chi connectivity index (χ4n) is 1.81. The molecule has 0 atom stereocenters. The normalized spacial score (nSPS) is 10.7. The first kappa shape index (κ1) is 12.9. The summed E-state index contributed by atoms with van der Waals surface area (Å²) in [6.07, 6.45) is 1.66. The van der Waals surface area contributed by atoms with Crippen LogP contribution in [0.5, 0.6) is 5.75 Å². The van der Waals surface area contributed by atoms with Gasteiger partial charge in [0.1, 0.15) is 5.75 Å². The van der Waals surface area contributed by atoms with Gasteiger partial charge in [-0.25, -0.2) is 0 Å². The van der Waals surface area contributed by atoms with Crippen molar-refractivity contribution < 1.29 is 4.74 Å². The number of ether oxygens (including phenoxy) is 1. The van der Waals surface area contributed by atoms with Crippen molar-refractivity contribution in [2.45, 2.75) is 20.0 Å². The van der Waals surface area contributed by atoms with Crippen molar-refractivity contribution in [2.75, 3.05) is 7.11 Å². The number of aromatic nitrogens is 2. The van der Waals surface area contributed by atoms with E-state index in [9.17, 15) is 0 Å². The third-order valence-electron chi connectivity index (χ3n) is 2.95. The second-order valence-corrected chi connectivity index (χ2v) is 4.49. The van der Waals surface area contributed by atoms with E-state index in [1.54, 1.807) is 13.3 Å². The van der Waals surface area contributed by atoms with Crippen molar-refractivity contribution in [1.82, 2.24) is 9.78 Å². The third kappa shape index (κ3) is 2.49. The quantitative estimate of drug-likeness (QED) is 0.923. The SMILES string of the molecule is COc1cc(Cn2ncc(Cl)c2C)ccc1CN. The Balaban J connectivity index is 2.27. The summed E-state index contributed by atoms with van der Waals surface area (Å²) in [6.45, 7) is 3.08. The molecule has 0 saturated heterocycles.